The van der Waals surface area contributed by atoms with Gasteiger partial charge in [0, 0.05) is 32.8 Å². The summed E-state index contributed by atoms with van der Waals surface area (Å²) < 4.78 is 28.9. The van der Waals surface area contributed by atoms with Crippen LogP contribution in [0.2, 0.25) is 0 Å². The van der Waals surface area contributed by atoms with Gasteiger partial charge in [0.15, 0.2) is 12.4 Å². The normalized spacial score (nSPS) is 31.1. The van der Waals surface area contributed by atoms with Gasteiger partial charge >= 0.3 is 17.9 Å². The number of hydrogen-bond donors (Lipinski definition) is 3. The molecule has 0 spiro atoms. The standard InChI is InChI=1S/C27H38N2O10/c1-15(31)28-21-19(36-16(2)32)12-27(14-30,25(34)39-26(4,5)6)29-22(21)23-20(37-17(3)33)13-35-24(38-23)18-10-8-7-9-11-18/h7-11,19-24,29-30H,12-14H2,1-6H3,(H,28,31)/t19-,20-,21-,22-,23-,24-,27-/m1/s1. The molecule has 12 heteroatoms. The molecule has 0 bridgehead atoms. The van der Waals surface area contributed by atoms with Gasteiger partial charge in [-0.1, -0.05) is 30.3 Å². The Hall–Kier alpha value is -3.06. The summed E-state index contributed by atoms with van der Waals surface area (Å²) in [6.45, 7) is 8.01. The van der Waals surface area contributed by atoms with Crippen LogP contribution in [0.4, 0.5) is 0 Å². The molecule has 216 valence electrons. The Morgan fingerprint density at radius 2 is 1.67 bits per heavy atom. The fourth-order valence-electron chi connectivity index (χ4n) is 4.86. The third kappa shape index (κ3) is 7.75. The fourth-order valence-corrected chi connectivity index (χ4v) is 4.86. The molecular weight excluding hydrogens is 512 g/mol. The minimum Gasteiger partial charge on any atom is -0.460 e. The lowest BCUT2D eigenvalue weighted by Crippen LogP contribution is -2.77. The van der Waals surface area contributed by atoms with Gasteiger partial charge in [-0.3, -0.25) is 19.7 Å². The summed E-state index contributed by atoms with van der Waals surface area (Å²) in [5.41, 5.74) is -1.94. The van der Waals surface area contributed by atoms with Crippen molar-refractivity contribution >= 4 is 23.8 Å². The van der Waals surface area contributed by atoms with E-state index in [4.69, 9.17) is 23.7 Å². The van der Waals surface area contributed by atoms with Gasteiger partial charge in [-0.15, -0.1) is 0 Å². The van der Waals surface area contributed by atoms with E-state index in [0.29, 0.717) is 5.56 Å². The molecule has 12 nitrogen and oxygen atoms in total. The SMILES string of the molecule is CC(=O)N[C@H]1[C@H]([C@@H]2O[C@H](c3ccccc3)OC[C@H]2OC(C)=O)N[C@](CO)(C(=O)OC(C)(C)C)C[C@H]1OC(C)=O. The van der Waals surface area contributed by atoms with Crippen LogP contribution in [0.5, 0.6) is 0 Å². The maximum Gasteiger partial charge on any atom is 0.329 e. The number of esters is 3. The maximum atomic E-state index is 13.5. The molecule has 0 saturated carbocycles. The number of aliphatic hydroxyl groups excluding tert-OH is 1. The van der Waals surface area contributed by atoms with Crippen molar-refractivity contribution < 1.29 is 48.0 Å². The number of aliphatic hydroxyl groups is 1. The molecule has 1 amide bonds. The largest absolute Gasteiger partial charge is 0.460 e. The number of carbonyl (C=O) groups is 4. The van der Waals surface area contributed by atoms with Crippen molar-refractivity contribution in [1.29, 1.82) is 0 Å². The Morgan fingerprint density at radius 3 is 2.21 bits per heavy atom. The van der Waals surface area contributed by atoms with E-state index in [1.165, 1.54) is 20.8 Å². The lowest BCUT2D eigenvalue weighted by molar-refractivity contribution is -0.273. The summed E-state index contributed by atoms with van der Waals surface area (Å²) in [5, 5.41) is 16.5. The summed E-state index contributed by atoms with van der Waals surface area (Å²) in [4.78, 5) is 49.9. The van der Waals surface area contributed by atoms with Crippen LogP contribution in [0.25, 0.3) is 0 Å². The molecule has 0 radical (unpaired) electrons. The van der Waals surface area contributed by atoms with E-state index in [1.54, 1.807) is 32.9 Å². The van der Waals surface area contributed by atoms with Crippen molar-refractivity contribution in [2.45, 2.75) is 95.8 Å². The molecule has 1 aromatic carbocycles. The molecule has 3 rings (SSSR count). The van der Waals surface area contributed by atoms with Crippen molar-refractivity contribution in [2.75, 3.05) is 13.2 Å². The zero-order valence-electron chi connectivity index (χ0n) is 23.1. The van der Waals surface area contributed by atoms with Crippen LogP contribution in [-0.4, -0.2) is 83.7 Å². The van der Waals surface area contributed by atoms with Gasteiger partial charge < -0.3 is 34.1 Å². The highest BCUT2D eigenvalue weighted by molar-refractivity contribution is 5.82. The summed E-state index contributed by atoms with van der Waals surface area (Å²) in [5.74, 6) is -2.47. The zero-order chi connectivity index (χ0) is 29.0. The maximum absolute atomic E-state index is 13.5. The van der Waals surface area contributed by atoms with Gasteiger partial charge in [0.25, 0.3) is 0 Å². The second-order valence-electron chi connectivity index (χ2n) is 10.8. The van der Waals surface area contributed by atoms with Crippen LogP contribution in [0, 0.1) is 0 Å². The Morgan fingerprint density at radius 1 is 1.05 bits per heavy atom. The van der Waals surface area contributed by atoms with Gasteiger partial charge in [-0.25, -0.2) is 4.79 Å². The van der Waals surface area contributed by atoms with Crippen molar-refractivity contribution in [3.63, 3.8) is 0 Å². The molecule has 1 aromatic rings. The van der Waals surface area contributed by atoms with Crippen LogP contribution in [-0.2, 0) is 42.9 Å². The van der Waals surface area contributed by atoms with E-state index in [1.807, 2.05) is 18.2 Å². The predicted molar refractivity (Wildman–Crippen MR) is 136 cm³/mol. The van der Waals surface area contributed by atoms with Crippen molar-refractivity contribution in [3.05, 3.63) is 35.9 Å². The average Bonchev–Trinajstić information content (AvgIpc) is 2.84. The Bertz CT molecular complexity index is 1040. The first kappa shape index (κ1) is 30.5. The van der Waals surface area contributed by atoms with Crippen molar-refractivity contribution in [1.82, 2.24) is 10.6 Å². The Balaban J connectivity index is 2.10. The second-order valence-corrected chi connectivity index (χ2v) is 10.8. The number of amides is 1. The van der Waals surface area contributed by atoms with E-state index in [-0.39, 0.29) is 13.0 Å². The minimum absolute atomic E-state index is 0.0639. The summed E-state index contributed by atoms with van der Waals surface area (Å²) >= 11 is 0. The Labute approximate surface area is 227 Å². The van der Waals surface area contributed by atoms with Crippen LogP contribution in [0.3, 0.4) is 0 Å². The fraction of sp³-hybridized carbons (Fsp3) is 0.630. The first-order chi connectivity index (χ1) is 18.2. The van der Waals surface area contributed by atoms with Gasteiger partial charge in [0.2, 0.25) is 5.91 Å². The number of ether oxygens (including phenoxy) is 5. The summed E-state index contributed by atoms with van der Waals surface area (Å²) in [7, 11) is 0. The van der Waals surface area contributed by atoms with E-state index in [2.05, 4.69) is 10.6 Å². The number of benzene rings is 1. The van der Waals surface area contributed by atoms with E-state index < -0.39 is 78.2 Å². The number of hydrogen-bond acceptors (Lipinski definition) is 11. The van der Waals surface area contributed by atoms with Gasteiger partial charge in [0.05, 0.1) is 25.3 Å². The molecule has 2 aliphatic heterocycles. The molecule has 2 heterocycles. The van der Waals surface area contributed by atoms with Crippen LogP contribution in [0.15, 0.2) is 30.3 Å². The third-order valence-electron chi connectivity index (χ3n) is 6.33. The smallest absolute Gasteiger partial charge is 0.329 e. The summed E-state index contributed by atoms with van der Waals surface area (Å²) in [6, 6.07) is 7.11. The summed E-state index contributed by atoms with van der Waals surface area (Å²) in [6.07, 6.45) is -4.14. The number of rotatable bonds is 7. The number of carbonyl (C=O) groups excluding carboxylic acids is 4. The monoisotopic (exact) mass is 550 g/mol. The first-order valence-electron chi connectivity index (χ1n) is 12.8. The van der Waals surface area contributed by atoms with Crippen LogP contribution in [0.1, 0.15) is 59.8 Å². The molecule has 0 aromatic heterocycles. The zero-order valence-corrected chi connectivity index (χ0v) is 23.1. The van der Waals surface area contributed by atoms with E-state index in [0.717, 1.165) is 0 Å². The molecule has 0 unspecified atom stereocenters. The second kappa shape index (κ2) is 12.4. The van der Waals surface area contributed by atoms with Crippen LogP contribution < -0.4 is 10.6 Å². The van der Waals surface area contributed by atoms with Gasteiger partial charge in [0.1, 0.15) is 23.3 Å². The molecule has 7 atom stereocenters. The lowest BCUT2D eigenvalue weighted by atomic mass is 9.78. The molecular formula is C27H38N2O10. The number of piperidine rings is 1. The molecule has 2 saturated heterocycles. The predicted octanol–water partition coefficient (Wildman–Crippen LogP) is 0.903. The third-order valence-corrected chi connectivity index (χ3v) is 6.33. The van der Waals surface area contributed by atoms with Crippen molar-refractivity contribution in [3.8, 4) is 0 Å². The van der Waals surface area contributed by atoms with E-state index in [9.17, 15) is 24.3 Å². The average molecular weight is 551 g/mol. The van der Waals surface area contributed by atoms with Gasteiger partial charge in [-0.05, 0) is 20.8 Å². The van der Waals surface area contributed by atoms with Crippen LogP contribution >= 0.6 is 0 Å². The molecule has 2 fully saturated rings. The highest BCUT2D eigenvalue weighted by Crippen LogP contribution is 2.36. The Kier molecular flexibility index (Phi) is 9.70. The molecule has 39 heavy (non-hydrogen) atoms. The highest BCUT2D eigenvalue weighted by atomic mass is 16.7. The van der Waals surface area contributed by atoms with Crippen molar-refractivity contribution in [2.24, 2.45) is 0 Å². The topological polar surface area (TPSA) is 159 Å². The lowest BCUT2D eigenvalue weighted by Gasteiger charge is -2.51. The molecule has 3 N–H and O–H groups in total. The quantitative estimate of drug-likeness (QED) is 0.327. The molecule has 0 aliphatic carbocycles. The first-order valence-corrected chi connectivity index (χ1v) is 12.8. The highest BCUT2D eigenvalue weighted by Gasteiger charge is 2.57. The van der Waals surface area contributed by atoms with E-state index >= 15 is 0 Å². The van der Waals surface area contributed by atoms with Gasteiger partial charge in [-0.2, -0.15) is 0 Å². The molecule has 2 aliphatic rings. The minimum atomic E-state index is -1.74. The number of nitrogens with one attached hydrogen (secondary N) is 2.